The molecule has 35 heavy (non-hydrogen) atoms. The molecule has 180 valence electrons. The van der Waals surface area contributed by atoms with E-state index in [1.807, 2.05) is 4.90 Å². The number of amides is 1. The molecule has 0 aliphatic carbocycles. The number of anilines is 1. The van der Waals surface area contributed by atoms with E-state index in [4.69, 9.17) is 4.74 Å². The molecular weight excluding hydrogens is 471 g/mol. The minimum Gasteiger partial charge on any atom is -0.497 e. The van der Waals surface area contributed by atoms with Crippen LogP contribution in [0.5, 0.6) is 5.75 Å². The molecular formula is C24H23FN6O3S. The van der Waals surface area contributed by atoms with Crippen molar-refractivity contribution >= 4 is 29.0 Å². The molecule has 0 saturated carbocycles. The van der Waals surface area contributed by atoms with Crippen LogP contribution in [0, 0.1) is 5.82 Å². The van der Waals surface area contributed by atoms with Crippen LogP contribution in [0.4, 0.5) is 10.1 Å². The number of piperazine rings is 1. The summed E-state index contributed by atoms with van der Waals surface area (Å²) in [7, 11) is 1.58. The van der Waals surface area contributed by atoms with Crippen LogP contribution in [0.2, 0.25) is 0 Å². The number of para-hydroxylation sites is 1. The second-order valence-electron chi connectivity index (χ2n) is 7.96. The van der Waals surface area contributed by atoms with Gasteiger partial charge in [-0.15, -0.1) is 10.2 Å². The Morgan fingerprint density at radius 2 is 1.77 bits per heavy atom. The molecule has 0 bridgehead atoms. The summed E-state index contributed by atoms with van der Waals surface area (Å²) in [5.41, 5.74) is 1.11. The van der Waals surface area contributed by atoms with E-state index in [1.54, 1.807) is 71.3 Å². The van der Waals surface area contributed by atoms with Crippen LogP contribution in [-0.2, 0) is 4.79 Å². The highest BCUT2D eigenvalue weighted by Gasteiger charge is 2.23. The lowest BCUT2D eigenvalue weighted by atomic mass is 10.2. The predicted octanol–water partition coefficient (Wildman–Crippen LogP) is 2.47. The van der Waals surface area contributed by atoms with E-state index in [1.165, 1.54) is 22.4 Å². The van der Waals surface area contributed by atoms with Crippen molar-refractivity contribution in [1.82, 2.24) is 24.1 Å². The smallest absolute Gasteiger partial charge is 0.300 e. The zero-order chi connectivity index (χ0) is 24.4. The minimum absolute atomic E-state index is 0.0356. The fourth-order valence-corrected chi connectivity index (χ4v) is 4.85. The first-order valence-electron chi connectivity index (χ1n) is 11.1. The summed E-state index contributed by atoms with van der Waals surface area (Å²) in [5, 5.41) is 8.64. The monoisotopic (exact) mass is 494 g/mol. The van der Waals surface area contributed by atoms with Gasteiger partial charge in [0.05, 0.1) is 18.6 Å². The third-order valence-electron chi connectivity index (χ3n) is 5.94. The Morgan fingerprint density at radius 3 is 2.49 bits per heavy atom. The molecule has 0 unspecified atom stereocenters. The van der Waals surface area contributed by atoms with Gasteiger partial charge in [0, 0.05) is 44.3 Å². The number of rotatable bonds is 6. The fraction of sp³-hybridized carbons (Fsp3) is 0.250. The van der Waals surface area contributed by atoms with Crippen LogP contribution in [-0.4, -0.2) is 69.0 Å². The van der Waals surface area contributed by atoms with Gasteiger partial charge in [0.25, 0.3) is 0 Å². The highest BCUT2D eigenvalue weighted by Crippen LogP contribution is 2.22. The number of halogens is 1. The van der Waals surface area contributed by atoms with Gasteiger partial charge < -0.3 is 14.5 Å². The van der Waals surface area contributed by atoms with Gasteiger partial charge in [-0.25, -0.2) is 4.39 Å². The van der Waals surface area contributed by atoms with Gasteiger partial charge in [0.2, 0.25) is 11.6 Å². The summed E-state index contributed by atoms with van der Waals surface area (Å²) in [4.78, 5) is 29.4. The molecule has 3 heterocycles. The van der Waals surface area contributed by atoms with Crippen LogP contribution in [0.1, 0.15) is 0 Å². The van der Waals surface area contributed by atoms with E-state index in [2.05, 4.69) is 10.2 Å². The third-order valence-corrected chi connectivity index (χ3v) is 6.87. The van der Waals surface area contributed by atoms with Gasteiger partial charge in [0.15, 0.2) is 5.16 Å². The number of carbonyl (C=O) groups is 1. The van der Waals surface area contributed by atoms with Crippen LogP contribution in [0.15, 0.2) is 70.9 Å². The summed E-state index contributed by atoms with van der Waals surface area (Å²) < 4.78 is 22.3. The molecule has 0 N–H and O–H groups in total. The highest BCUT2D eigenvalue weighted by molar-refractivity contribution is 7.99. The second-order valence-corrected chi connectivity index (χ2v) is 8.90. The lowest BCUT2D eigenvalue weighted by molar-refractivity contribution is -0.128. The zero-order valence-electron chi connectivity index (χ0n) is 19.0. The summed E-state index contributed by atoms with van der Waals surface area (Å²) in [6, 6.07) is 13.8. The Morgan fingerprint density at radius 1 is 1.03 bits per heavy atom. The summed E-state index contributed by atoms with van der Waals surface area (Å²) in [6.45, 7) is 2.16. The predicted molar refractivity (Wildman–Crippen MR) is 131 cm³/mol. The van der Waals surface area contributed by atoms with Crippen LogP contribution in [0.25, 0.3) is 11.3 Å². The number of methoxy groups -OCH3 is 1. The lowest BCUT2D eigenvalue weighted by Gasteiger charge is -2.36. The molecule has 1 aliphatic rings. The van der Waals surface area contributed by atoms with Gasteiger partial charge in [-0.2, -0.15) is 0 Å². The number of aromatic nitrogens is 4. The first kappa shape index (κ1) is 22.9. The first-order valence-corrected chi connectivity index (χ1v) is 12.0. The third kappa shape index (κ3) is 4.59. The average molecular weight is 495 g/mol. The highest BCUT2D eigenvalue weighted by atomic mass is 32.2. The fourth-order valence-electron chi connectivity index (χ4n) is 4.03. The van der Waals surface area contributed by atoms with Gasteiger partial charge in [-0.05, 0) is 36.4 Å². The summed E-state index contributed by atoms with van der Waals surface area (Å²) in [5.74, 6) is 0.573. The van der Waals surface area contributed by atoms with Gasteiger partial charge in [-0.3, -0.25) is 18.6 Å². The molecule has 1 fully saturated rings. The number of nitrogens with zero attached hydrogens (tertiary/aromatic N) is 6. The normalized spacial score (nSPS) is 13.9. The van der Waals surface area contributed by atoms with Gasteiger partial charge >= 0.3 is 5.56 Å². The summed E-state index contributed by atoms with van der Waals surface area (Å²) in [6.07, 6.45) is 3.36. The Hall–Kier alpha value is -3.86. The maximum absolute atomic E-state index is 14.0. The molecule has 4 aromatic rings. The number of hydrogen-bond donors (Lipinski definition) is 0. The molecule has 11 heteroatoms. The minimum atomic E-state index is -0.312. The SMILES string of the molecule is COc1ccc(-n2ccn3c(SCC(=O)N4CCN(c5ccccc5F)CC4)nnc3c2=O)cc1. The van der Waals surface area contributed by atoms with E-state index in [0.29, 0.717) is 48.5 Å². The van der Waals surface area contributed by atoms with E-state index in [9.17, 15) is 14.0 Å². The number of carbonyl (C=O) groups excluding carboxylic acids is 1. The Labute approximate surface area is 204 Å². The van der Waals surface area contributed by atoms with Crippen molar-refractivity contribution in [2.45, 2.75) is 5.16 Å². The number of hydrogen-bond acceptors (Lipinski definition) is 7. The van der Waals surface area contributed by atoms with Crippen LogP contribution < -0.4 is 15.2 Å². The van der Waals surface area contributed by atoms with Crippen molar-refractivity contribution in [2.24, 2.45) is 0 Å². The molecule has 0 spiro atoms. The van der Waals surface area contributed by atoms with Gasteiger partial charge in [-0.1, -0.05) is 23.9 Å². The molecule has 0 radical (unpaired) electrons. The van der Waals surface area contributed by atoms with Gasteiger partial charge in [0.1, 0.15) is 11.6 Å². The number of benzene rings is 2. The first-order chi connectivity index (χ1) is 17.0. The quantitative estimate of drug-likeness (QED) is 0.381. The number of thioether (sulfide) groups is 1. The molecule has 2 aromatic carbocycles. The molecule has 5 rings (SSSR count). The maximum atomic E-state index is 14.0. The molecule has 1 amide bonds. The van der Waals surface area contributed by atoms with E-state index < -0.39 is 0 Å². The largest absolute Gasteiger partial charge is 0.497 e. The lowest BCUT2D eigenvalue weighted by Crippen LogP contribution is -2.49. The van der Waals surface area contributed by atoms with Crippen molar-refractivity contribution in [3.8, 4) is 11.4 Å². The van der Waals surface area contributed by atoms with Crippen molar-refractivity contribution in [2.75, 3.05) is 43.9 Å². The van der Waals surface area contributed by atoms with E-state index >= 15 is 0 Å². The van der Waals surface area contributed by atoms with Crippen LogP contribution in [0.3, 0.4) is 0 Å². The van der Waals surface area contributed by atoms with Crippen molar-refractivity contribution in [3.63, 3.8) is 0 Å². The number of ether oxygens (including phenoxy) is 1. The van der Waals surface area contributed by atoms with E-state index in [0.717, 1.165) is 0 Å². The Bertz CT molecular complexity index is 1410. The van der Waals surface area contributed by atoms with Crippen LogP contribution >= 0.6 is 11.8 Å². The zero-order valence-corrected chi connectivity index (χ0v) is 19.8. The molecule has 9 nitrogen and oxygen atoms in total. The Balaban J connectivity index is 1.23. The molecule has 2 aromatic heterocycles. The van der Waals surface area contributed by atoms with Crippen molar-refractivity contribution in [1.29, 1.82) is 0 Å². The van der Waals surface area contributed by atoms with Crippen molar-refractivity contribution < 1.29 is 13.9 Å². The van der Waals surface area contributed by atoms with E-state index in [-0.39, 0.29) is 28.7 Å². The molecule has 0 atom stereocenters. The average Bonchev–Trinajstić information content (AvgIpc) is 3.32. The Kier molecular flexibility index (Phi) is 6.41. The second kappa shape index (κ2) is 9.79. The maximum Gasteiger partial charge on any atom is 0.300 e. The standard InChI is InChI=1S/C24H23FN6O3S/c1-34-18-8-6-17(7-9-18)30-14-15-31-22(23(30)33)26-27-24(31)35-16-21(32)29-12-10-28(11-13-29)20-5-3-2-4-19(20)25/h2-9,14-15H,10-13,16H2,1H3. The topological polar surface area (TPSA) is 85.0 Å². The number of fused-ring (bicyclic) bond motifs is 1. The molecule has 1 saturated heterocycles. The summed E-state index contributed by atoms with van der Waals surface area (Å²) >= 11 is 1.23. The van der Waals surface area contributed by atoms with Crippen molar-refractivity contribution in [3.05, 3.63) is 77.1 Å². The molecule has 1 aliphatic heterocycles.